The van der Waals surface area contributed by atoms with Gasteiger partial charge in [-0.05, 0) is 29.8 Å². The van der Waals surface area contributed by atoms with Gasteiger partial charge in [-0.2, -0.15) is 0 Å². The lowest BCUT2D eigenvalue weighted by Gasteiger charge is -2.14. The van der Waals surface area contributed by atoms with Crippen LogP contribution in [0.5, 0.6) is 0 Å². The van der Waals surface area contributed by atoms with Crippen molar-refractivity contribution in [3.05, 3.63) is 64.9 Å². The summed E-state index contributed by atoms with van der Waals surface area (Å²) in [7, 11) is 0. The smallest absolute Gasteiger partial charge is 0.326 e. The molecule has 0 saturated carbocycles. The molecule has 0 aliphatic heterocycles. The number of amides is 1. The van der Waals surface area contributed by atoms with E-state index in [0.717, 1.165) is 5.56 Å². The third kappa shape index (κ3) is 4.29. The normalized spacial score (nSPS) is 11.7. The number of nitrogens with zero attached hydrogens (tertiary/aromatic N) is 1. The van der Waals surface area contributed by atoms with Crippen molar-refractivity contribution in [1.29, 1.82) is 0 Å². The number of rotatable bonds is 5. The summed E-state index contributed by atoms with van der Waals surface area (Å²) in [4.78, 5) is 27.1. The Morgan fingerprint density at radius 2 is 1.90 bits per heavy atom. The van der Waals surface area contributed by atoms with E-state index in [1.807, 2.05) is 0 Å². The van der Waals surface area contributed by atoms with Gasteiger partial charge >= 0.3 is 5.97 Å². The summed E-state index contributed by atoms with van der Waals surface area (Å²) in [5, 5.41) is 12.3. The fourth-order valence-electron chi connectivity index (χ4n) is 1.79. The number of nitrogens with one attached hydrogen (secondary N) is 1. The summed E-state index contributed by atoms with van der Waals surface area (Å²) in [6, 6.07) is 10.6. The Hall–Kier alpha value is -2.40. The maximum absolute atomic E-state index is 11.9. The van der Waals surface area contributed by atoms with Gasteiger partial charge in [0.2, 0.25) is 0 Å². The molecule has 0 aliphatic rings. The number of carboxylic acid groups (broad SMARTS) is 1. The fourth-order valence-corrected chi connectivity index (χ4v) is 1.91. The second-order valence-electron chi connectivity index (χ2n) is 4.41. The molecule has 5 nitrogen and oxygen atoms in total. The number of benzene rings is 1. The zero-order valence-corrected chi connectivity index (χ0v) is 11.7. The standard InChI is InChI=1S/C15H13ClN2O3/c16-11-6-4-10(5-7-11)9-13(15(20)21)18-14(19)12-3-1-2-8-17-12/h1-8,13H,9H2,(H,18,19)(H,20,21)/t13-/m1/s1. The molecule has 0 aliphatic carbocycles. The maximum Gasteiger partial charge on any atom is 0.326 e. The van der Waals surface area contributed by atoms with Gasteiger partial charge < -0.3 is 10.4 Å². The third-order valence-corrected chi connectivity index (χ3v) is 3.11. The predicted molar refractivity (Wildman–Crippen MR) is 78.3 cm³/mol. The zero-order chi connectivity index (χ0) is 15.2. The molecule has 1 aromatic heterocycles. The number of halogens is 1. The molecule has 21 heavy (non-hydrogen) atoms. The molecule has 2 rings (SSSR count). The Morgan fingerprint density at radius 3 is 2.48 bits per heavy atom. The summed E-state index contributed by atoms with van der Waals surface area (Å²) < 4.78 is 0. The molecule has 2 N–H and O–H groups in total. The van der Waals surface area contributed by atoms with E-state index in [-0.39, 0.29) is 12.1 Å². The molecule has 2 aromatic rings. The molecule has 108 valence electrons. The Bertz CT molecular complexity index is 629. The quantitative estimate of drug-likeness (QED) is 0.887. The Morgan fingerprint density at radius 1 is 1.19 bits per heavy atom. The number of carbonyl (C=O) groups excluding carboxylic acids is 1. The number of aliphatic carboxylic acids is 1. The van der Waals surface area contributed by atoms with Crippen molar-refractivity contribution in [2.45, 2.75) is 12.5 Å². The molecule has 1 amide bonds. The highest BCUT2D eigenvalue weighted by atomic mass is 35.5. The van der Waals surface area contributed by atoms with Crippen molar-refractivity contribution >= 4 is 23.5 Å². The van der Waals surface area contributed by atoms with Crippen LogP contribution in [0.3, 0.4) is 0 Å². The van der Waals surface area contributed by atoms with E-state index in [0.29, 0.717) is 5.02 Å². The van der Waals surface area contributed by atoms with Crippen molar-refractivity contribution in [3.63, 3.8) is 0 Å². The summed E-state index contributed by atoms with van der Waals surface area (Å²) in [5.74, 6) is -1.62. The largest absolute Gasteiger partial charge is 0.480 e. The molecular formula is C15H13ClN2O3. The van der Waals surface area contributed by atoms with Gasteiger partial charge in [-0.1, -0.05) is 29.8 Å². The van der Waals surface area contributed by atoms with E-state index in [2.05, 4.69) is 10.3 Å². The zero-order valence-electron chi connectivity index (χ0n) is 11.0. The molecule has 1 atom stereocenters. The van der Waals surface area contributed by atoms with Gasteiger partial charge in [0, 0.05) is 17.6 Å². The molecule has 0 saturated heterocycles. The Balaban J connectivity index is 2.07. The predicted octanol–water partition coefficient (Wildman–Crippen LogP) is 2.16. The van der Waals surface area contributed by atoms with Gasteiger partial charge in [-0.3, -0.25) is 9.78 Å². The van der Waals surface area contributed by atoms with Crippen LogP contribution in [0.2, 0.25) is 5.02 Å². The first-order chi connectivity index (χ1) is 10.1. The van der Waals surface area contributed by atoms with Crippen LogP contribution >= 0.6 is 11.6 Å². The molecule has 6 heteroatoms. The van der Waals surface area contributed by atoms with Gasteiger partial charge in [-0.25, -0.2) is 4.79 Å². The number of aromatic nitrogens is 1. The van der Waals surface area contributed by atoms with Crippen molar-refractivity contribution < 1.29 is 14.7 Å². The SMILES string of the molecule is O=C(N[C@H](Cc1ccc(Cl)cc1)C(=O)O)c1ccccn1. The summed E-state index contributed by atoms with van der Waals surface area (Å²) >= 11 is 5.78. The molecule has 0 bridgehead atoms. The van der Waals surface area contributed by atoms with Crippen molar-refractivity contribution in [3.8, 4) is 0 Å². The van der Waals surface area contributed by atoms with E-state index < -0.39 is 17.9 Å². The van der Waals surface area contributed by atoms with Crippen LogP contribution in [-0.4, -0.2) is 28.0 Å². The van der Waals surface area contributed by atoms with E-state index in [1.165, 1.54) is 12.3 Å². The lowest BCUT2D eigenvalue weighted by molar-refractivity contribution is -0.139. The third-order valence-electron chi connectivity index (χ3n) is 2.85. The minimum atomic E-state index is -1.10. The molecule has 0 fully saturated rings. The van der Waals surface area contributed by atoms with E-state index in [1.54, 1.807) is 36.4 Å². The molecule has 1 heterocycles. The molecule has 0 spiro atoms. The second kappa shape index (κ2) is 6.85. The minimum Gasteiger partial charge on any atom is -0.480 e. The maximum atomic E-state index is 11.9. The van der Waals surface area contributed by atoms with Gasteiger partial charge in [0.1, 0.15) is 11.7 Å². The number of pyridine rings is 1. The average molecular weight is 305 g/mol. The highest BCUT2D eigenvalue weighted by molar-refractivity contribution is 6.30. The molecule has 0 radical (unpaired) electrons. The molecule has 0 unspecified atom stereocenters. The average Bonchev–Trinajstić information content (AvgIpc) is 2.49. The summed E-state index contributed by atoms with van der Waals surface area (Å²) in [6.45, 7) is 0. The van der Waals surface area contributed by atoms with E-state index in [4.69, 9.17) is 11.6 Å². The number of hydrogen-bond acceptors (Lipinski definition) is 3. The topological polar surface area (TPSA) is 79.3 Å². The van der Waals surface area contributed by atoms with Crippen LogP contribution in [0.1, 0.15) is 16.1 Å². The first-order valence-electron chi connectivity index (χ1n) is 6.25. The minimum absolute atomic E-state index is 0.172. The molecular weight excluding hydrogens is 292 g/mol. The lowest BCUT2D eigenvalue weighted by atomic mass is 10.1. The Labute approximate surface area is 126 Å². The van der Waals surface area contributed by atoms with Crippen LogP contribution in [0.25, 0.3) is 0 Å². The summed E-state index contributed by atoms with van der Waals surface area (Å²) in [5.41, 5.74) is 0.952. The van der Waals surface area contributed by atoms with Crippen LogP contribution in [0.15, 0.2) is 48.7 Å². The van der Waals surface area contributed by atoms with E-state index in [9.17, 15) is 14.7 Å². The molecule has 1 aromatic carbocycles. The van der Waals surface area contributed by atoms with Crippen molar-refractivity contribution in [1.82, 2.24) is 10.3 Å². The second-order valence-corrected chi connectivity index (χ2v) is 4.85. The van der Waals surface area contributed by atoms with Crippen LogP contribution in [0, 0.1) is 0 Å². The fraction of sp³-hybridized carbons (Fsp3) is 0.133. The van der Waals surface area contributed by atoms with Crippen molar-refractivity contribution in [2.75, 3.05) is 0 Å². The Kier molecular flexibility index (Phi) is 4.90. The first kappa shape index (κ1) is 15.0. The number of carbonyl (C=O) groups is 2. The number of hydrogen-bond donors (Lipinski definition) is 2. The van der Waals surface area contributed by atoms with Gasteiger partial charge in [0.05, 0.1) is 0 Å². The summed E-state index contributed by atoms with van der Waals surface area (Å²) in [6.07, 6.45) is 1.65. The van der Waals surface area contributed by atoms with Crippen LogP contribution in [0.4, 0.5) is 0 Å². The highest BCUT2D eigenvalue weighted by Gasteiger charge is 2.21. The highest BCUT2D eigenvalue weighted by Crippen LogP contribution is 2.11. The van der Waals surface area contributed by atoms with E-state index >= 15 is 0 Å². The van der Waals surface area contributed by atoms with Gasteiger partial charge in [0.25, 0.3) is 5.91 Å². The van der Waals surface area contributed by atoms with Crippen LogP contribution < -0.4 is 5.32 Å². The first-order valence-corrected chi connectivity index (χ1v) is 6.63. The van der Waals surface area contributed by atoms with Crippen LogP contribution in [-0.2, 0) is 11.2 Å². The number of carboxylic acids is 1. The van der Waals surface area contributed by atoms with Gasteiger partial charge in [-0.15, -0.1) is 0 Å². The monoisotopic (exact) mass is 304 g/mol. The van der Waals surface area contributed by atoms with Gasteiger partial charge in [0.15, 0.2) is 0 Å². The van der Waals surface area contributed by atoms with Crippen molar-refractivity contribution in [2.24, 2.45) is 0 Å². The lowest BCUT2D eigenvalue weighted by Crippen LogP contribution is -2.42.